The second kappa shape index (κ2) is 18.6. The number of fused-ring (bicyclic) bond motifs is 3. The molecule has 338 valence electrons. The number of hydrogen-bond acceptors (Lipinski definition) is 10. The molecule has 1 saturated carbocycles. The maximum atomic E-state index is 15.0. The van der Waals surface area contributed by atoms with E-state index in [1.54, 1.807) is 49.6 Å². The molecule has 4 N–H and O–H groups in total. The normalized spacial score (nSPS) is 24.4. The molecule has 4 heterocycles. The van der Waals surface area contributed by atoms with Crippen LogP contribution >= 0.6 is 18.7 Å². The summed E-state index contributed by atoms with van der Waals surface area (Å²) in [6.45, 7) is 3.93. The van der Waals surface area contributed by atoms with Gasteiger partial charge in [0.15, 0.2) is 5.13 Å². The van der Waals surface area contributed by atoms with E-state index in [2.05, 4.69) is 16.0 Å². The number of anilines is 2. The van der Waals surface area contributed by atoms with Crippen molar-refractivity contribution in [2.45, 2.75) is 101 Å². The number of benzene rings is 3. The van der Waals surface area contributed by atoms with E-state index < -0.39 is 60.3 Å². The number of allylic oxidation sites excluding steroid dienone is 1. The predicted molar refractivity (Wildman–Crippen MR) is 243 cm³/mol. The van der Waals surface area contributed by atoms with Crippen molar-refractivity contribution in [3.63, 3.8) is 0 Å². The number of hydrogen-bond donors (Lipinski definition) is 4. The fourth-order valence-corrected chi connectivity index (χ4v) is 12.0. The molecule has 1 aliphatic carbocycles. The molecule has 8 rings (SSSR count). The molecule has 17 heteroatoms. The van der Waals surface area contributed by atoms with Crippen molar-refractivity contribution in [2.75, 3.05) is 24.3 Å². The second-order valence-corrected chi connectivity index (χ2v) is 20.5. The van der Waals surface area contributed by atoms with Crippen molar-refractivity contribution in [2.24, 2.45) is 5.92 Å². The number of para-hydroxylation sites is 1. The number of halogens is 3. The van der Waals surface area contributed by atoms with Gasteiger partial charge in [-0.1, -0.05) is 67.5 Å². The van der Waals surface area contributed by atoms with Crippen LogP contribution in [0.4, 0.5) is 24.0 Å². The molecule has 5 aromatic rings. The van der Waals surface area contributed by atoms with E-state index in [9.17, 15) is 32.2 Å². The average Bonchev–Trinajstić information content (AvgIpc) is 3.53. The molecular weight excluding hydrogens is 865 g/mol. The average molecular weight is 917 g/mol. The molecule has 2 aromatic heterocycles. The van der Waals surface area contributed by atoms with E-state index in [0.29, 0.717) is 63.7 Å². The van der Waals surface area contributed by atoms with Crippen LogP contribution in [-0.4, -0.2) is 74.7 Å². The molecule has 0 radical (unpaired) electrons. The lowest BCUT2D eigenvalue weighted by atomic mass is 10.0. The van der Waals surface area contributed by atoms with Crippen molar-refractivity contribution in [1.29, 1.82) is 0 Å². The van der Waals surface area contributed by atoms with Crippen LogP contribution < -0.4 is 25.4 Å². The van der Waals surface area contributed by atoms with Crippen LogP contribution in [-0.2, 0) is 26.5 Å². The summed E-state index contributed by atoms with van der Waals surface area (Å²) in [5, 5.41) is 11.0. The highest BCUT2D eigenvalue weighted by atomic mass is 32.1. The SMILES string of the molecule is COc1ccc2c(O[C@@H]3C[C@H]4C(=O)N[C@]5(P(=O)(O)Cc6ccccc6)C[C@H]5/C=C\CCCCC[C@H](Nc5ccccc5C(F)(F)F)C(=O)N4C3)cc(-c3csc(NC(C)C)n3)nc2c1. The van der Waals surface area contributed by atoms with Crippen LogP contribution in [0.2, 0.25) is 0 Å². The van der Waals surface area contributed by atoms with Crippen molar-refractivity contribution in [3.8, 4) is 22.9 Å². The largest absolute Gasteiger partial charge is 0.497 e. The van der Waals surface area contributed by atoms with Gasteiger partial charge in [-0.15, -0.1) is 11.3 Å². The molecule has 1 unspecified atom stereocenters. The summed E-state index contributed by atoms with van der Waals surface area (Å²) < 4.78 is 69.7. The summed E-state index contributed by atoms with van der Waals surface area (Å²) in [6.07, 6.45) is 1.23. The molecule has 64 heavy (non-hydrogen) atoms. The highest BCUT2D eigenvalue weighted by Gasteiger charge is 2.66. The Labute approximate surface area is 374 Å². The first-order valence-corrected chi connectivity index (χ1v) is 24.3. The lowest BCUT2D eigenvalue weighted by Gasteiger charge is -2.32. The number of rotatable bonds is 11. The Kier molecular flexibility index (Phi) is 13.1. The van der Waals surface area contributed by atoms with E-state index in [1.807, 2.05) is 43.5 Å². The zero-order valence-electron chi connectivity index (χ0n) is 35.8. The summed E-state index contributed by atoms with van der Waals surface area (Å²) in [4.78, 5) is 52.7. The third-order valence-corrected chi connectivity index (χ3v) is 15.5. The maximum Gasteiger partial charge on any atom is 0.418 e. The molecular formula is C47H52F3N6O6PS. The van der Waals surface area contributed by atoms with Gasteiger partial charge in [-0.05, 0) is 69.4 Å². The van der Waals surface area contributed by atoms with Crippen molar-refractivity contribution in [1.82, 2.24) is 20.2 Å². The highest BCUT2D eigenvalue weighted by Crippen LogP contribution is 2.71. The van der Waals surface area contributed by atoms with E-state index in [4.69, 9.17) is 19.4 Å². The number of aromatic nitrogens is 2. The van der Waals surface area contributed by atoms with Gasteiger partial charge in [0.2, 0.25) is 19.2 Å². The Bertz CT molecular complexity index is 2570. The van der Waals surface area contributed by atoms with Gasteiger partial charge in [-0.3, -0.25) is 14.2 Å². The number of thiazole rings is 1. The molecule has 12 nitrogen and oxygen atoms in total. The number of carbonyl (C=O) groups excluding carboxylic acids is 2. The van der Waals surface area contributed by atoms with Gasteiger partial charge < -0.3 is 35.2 Å². The highest BCUT2D eigenvalue weighted by molar-refractivity contribution is 7.59. The van der Waals surface area contributed by atoms with E-state index in [-0.39, 0.29) is 43.7 Å². The molecule has 6 atom stereocenters. The van der Waals surface area contributed by atoms with Crippen molar-refractivity contribution < 1.29 is 41.7 Å². The number of amides is 2. The smallest absolute Gasteiger partial charge is 0.418 e. The number of alkyl halides is 3. The zero-order valence-corrected chi connectivity index (χ0v) is 37.5. The maximum absolute atomic E-state index is 15.0. The quantitative estimate of drug-likeness (QED) is 0.0744. The van der Waals surface area contributed by atoms with Crippen LogP contribution in [0.25, 0.3) is 22.3 Å². The minimum atomic E-state index is -4.69. The molecule has 2 fully saturated rings. The molecule has 0 bridgehead atoms. The first-order chi connectivity index (χ1) is 30.6. The van der Waals surface area contributed by atoms with Gasteiger partial charge in [0.05, 0.1) is 36.6 Å². The molecule has 2 aliphatic heterocycles. The summed E-state index contributed by atoms with van der Waals surface area (Å²) in [7, 11) is -2.58. The topological polar surface area (TPSA) is 155 Å². The predicted octanol–water partition coefficient (Wildman–Crippen LogP) is 9.86. The van der Waals surface area contributed by atoms with Crippen LogP contribution in [0.5, 0.6) is 11.5 Å². The van der Waals surface area contributed by atoms with E-state index in [1.165, 1.54) is 34.4 Å². The fourth-order valence-electron chi connectivity index (χ4n) is 8.75. The first-order valence-electron chi connectivity index (χ1n) is 21.6. The molecule has 3 aliphatic rings. The van der Waals surface area contributed by atoms with Gasteiger partial charge in [-0.2, -0.15) is 13.2 Å². The summed E-state index contributed by atoms with van der Waals surface area (Å²) in [6, 6.07) is 18.9. The Balaban J connectivity index is 1.17. The number of methoxy groups -OCH3 is 1. The van der Waals surface area contributed by atoms with E-state index in [0.717, 1.165) is 12.5 Å². The first kappa shape index (κ1) is 45.1. The zero-order chi connectivity index (χ0) is 45.2. The number of nitrogens with zero attached hydrogens (tertiary/aromatic N) is 3. The standard InChI is InChI=1S/C47H52F3N6O6PS/c1-29(2)51-45-54-40(28-64-45)39-24-42(34-21-20-32(61-3)22-38(34)53-39)62-33-23-41-43(57)55-46(63(59,60)27-30-14-8-7-9-15-30)25-31(46)16-10-5-4-6-11-19-37(44(58)56(41)26-33)52-36-18-13-12-17-35(36)47(48,49)50/h7-10,12-18,20-22,24,28-29,31,33,37,41,52H,4-6,11,19,23,25-27H2,1-3H3,(H,51,54)(H,55,57)(H,59,60)/b16-10-/t31-,33-,37+,41+,46+/m1/s1. The number of carbonyl (C=O) groups is 2. The summed E-state index contributed by atoms with van der Waals surface area (Å²) in [5.41, 5.74) is 1.16. The Hall–Kier alpha value is -5.44. The van der Waals surface area contributed by atoms with Crippen LogP contribution in [0.15, 0.2) is 96.4 Å². The van der Waals surface area contributed by atoms with Gasteiger partial charge in [0.1, 0.15) is 40.7 Å². The Morgan fingerprint density at radius 2 is 1.80 bits per heavy atom. The van der Waals surface area contributed by atoms with Gasteiger partial charge in [-0.25, -0.2) is 9.97 Å². The molecule has 1 saturated heterocycles. The Morgan fingerprint density at radius 3 is 2.56 bits per heavy atom. The van der Waals surface area contributed by atoms with Gasteiger partial charge in [0.25, 0.3) is 0 Å². The molecule has 2 amide bonds. The van der Waals surface area contributed by atoms with E-state index >= 15 is 0 Å². The monoisotopic (exact) mass is 916 g/mol. The second-order valence-electron chi connectivity index (χ2n) is 17.1. The minimum absolute atomic E-state index is 0.0110. The number of pyridine rings is 1. The third-order valence-electron chi connectivity index (χ3n) is 12.1. The van der Waals surface area contributed by atoms with Crippen LogP contribution in [0, 0.1) is 5.92 Å². The Morgan fingerprint density at radius 1 is 1.02 bits per heavy atom. The van der Waals surface area contributed by atoms with Crippen LogP contribution in [0.1, 0.15) is 69.9 Å². The van der Waals surface area contributed by atoms with Crippen LogP contribution in [0.3, 0.4) is 0 Å². The van der Waals surface area contributed by atoms with Gasteiger partial charge >= 0.3 is 6.18 Å². The minimum Gasteiger partial charge on any atom is -0.497 e. The fraction of sp³-hybridized carbons (Fsp3) is 0.404. The summed E-state index contributed by atoms with van der Waals surface area (Å²) in [5.74, 6) is -0.659. The summed E-state index contributed by atoms with van der Waals surface area (Å²) >= 11 is 1.43. The molecule has 0 spiro atoms. The lowest BCUT2D eigenvalue weighted by Crippen LogP contribution is -2.53. The molecule has 3 aromatic carbocycles. The van der Waals surface area contributed by atoms with Crippen molar-refractivity contribution in [3.05, 3.63) is 108 Å². The third kappa shape index (κ3) is 9.79. The lowest BCUT2D eigenvalue weighted by molar-refractivity contribution is -0.139. The number of nitrogens with one attached hydrogen (secondary N) is 3. The van der Waals surface area contributed by atoms with Crippen molar-refractivity contribution >= 4 is 52.2 Å². The number of ether oxygens (including phenoxy) is 2. The van der Waals surface area contributed by atoms with Gasteiger partial charge in [0, 0.05) is 47.0 Å².